The summed E-state index contributed by atoms with van der Waals surface area (Å²) in [6.07, 6.45) is 3.38. The first-order chi connectivity index (χ1) is 22.3. The smallest absolute Gasteiger partial charge is 0.163 e. The largest absolute Gasteiger partial charge is 0.495 e. The van der Waals surface area contributed by atoms with Crippen LogP contribution in [-0.2, 0) is 0 Å². The van der Waals surface area contributed by atoms with Crippen molar-refractivity contribution in [3.8, 4) is 23.3 Å². The van der Waals surface area contributed by atoms with E-state index in [1.54, 1.807) is 26.5 Å². The topological polar surface area (TPSA) is 80.6 Å². The highest BCUT2D eigenvalue weighted by Gasteiger charge is 2.24. The summed E-state index contributed by atoms with van der Waals surface area (Å²) >= 11 is 13.3. The van der Waals surface area contributed by atoms with Gasteiger partial charge in [0.15, 0.2) is 11.5 Å². The van der Waals surface area contributed by atoms with Crippen LogP contribution >= 0.6 is 23.2 Å². The average molecular weight is 671 g/mol. The summed E-state index contributed by atoms with van der Waals surface area (Å²) in [5.74, 6) is 1.72. The zero-order valence-electron chi connectivity index (χ0n) is 27.4. The fourth-order valence-corrected chi connectivity index (χ4v) is 6.69. The lowest BCUT2D eigenvalue weighted by Crippen LogP contribution is -2.45. The molecule has 10 nitrogen and oxygen atoms in total. The zero-order chi connectivity index (χ0) is 32.6. The predicted molar refractivity (Wildman–Crippen MR) is 186 cm³/mol. The first-order valence-electron chi connectivity index (χ1n) is 16.0. The highest BCUT2D eigenvalue weighted by Crippen LogP contribution is 2.44. The summed E-state index contributed by atoms with van der Waals surface area (Å²) in [6.45, 7) is 11.6. The van der Waals surface area contributed by atoms with Gasteiger partial charge in [-0.25, -0.2) is 0 Å². The lowest BCUT2D eigenvalue weighted by molar-refractivity contribution is 0.145. The lowest BCUT2D eigenvalue weighted by atomic mass is 10.1. The fraction of sp³-hybridized carbons (Fsp3) is 0.529. The Morgan fingerprint density at radius 2 is 1.43 bits per heavy atom. The molecule has 0 radical (unpaired) electrons. The Kier molecular flexibility index (Phi) is 12.1. The Morgan fingerprint density at radius 3 is 2.04 bits per heavy atom. The molecule has 2 aliphatic heterocycles. The number of aromatic nitrogens is 1. The molecule has 0 N–H and O–H groups in total. The third kappa shape index (κ3) is 8.26. The Bertz CT molecular complexity index is 1520. The molecule has 46 heavy (non-hydrogen) atoms. The molecule has 0 bridgehead atoms. The maximum Gasteiger partial charge on any atom is 0.163 e. The van der Waals surface area contributed by atoms with Crippen molar-refractivity contribution >= 4 is 45.5 Å². The van der Waals surface area contributed by atoms with Crippen LogP contribution in [0.25, 0.3) is 10.9 Å². The van der Waals surface area contributed by atoms with Crippen LogP contribution in [0, 0.1) is 11.3 Å². The van der Waals surface area contributed by atoms with Gasteiger partial charge >= 0.3 is 0 Å². The van der Waals surface area contributed by atoms with Crippen molar-refractivity contribution in [2.45, 2.75) is 12.8 Å². The first-order valence-corrected chi connectivity index (χ1v) is 16.7. The standard InChI is InChI=1S/C34H45Cl2N7O3/c1-39-10-14-41(15-11-39)7-5-9-43(30-22-31(44-3)28(36)20-27(30)35)34-25(23-37)24-38-29-21-33(32(45-4)19-26(29)34)46-18-6-8-42-16-12-40(2)13-17-42/h19-22,24H,5-18H2,1-4H3. The molecule has 248 valence electrons. The van der Waals surface area contributed by atoms with E-state index < -0.39 is 0 Å². The quantitative estimate of drug-likeness (QED) is 0.226. The van der Waals surface area contributed by atoms with E-state index in [0.717, 1.165) is 83.7 Å². The monoisotopic (exact) mass is 669 g/mol. The van der Waals surface area contributed by atoms with E-state index in [4.69, 9.17) is 37.4 Å². The summed E-state index contributed by atoms with van der Waals surface area (Å²) in [5.41, 5.74) is 2.54. The predicted octanol–water partition coefficient (Wildman–Crippen LogP) is 5.22. The molecule has 0 unspecified atom stereocenters. The van der Waals surface area contributed by atoms with Crippen molar-refractivity contribution in [2.24, 2.45) is 0 Å². The van der Waals surface area contributed by atoms with Gasteiger partial charge in [-0.1, -0.05) is 23.2 Å². The molecule has 3 heterocycles. The number of pyridine rings is 1. The number of anilines is 2. The van der Waals surface area contributed by atoms with Gasteiger partial charge in [0.2, 0.25) is 0 Å². The van der Waals surface area contributed by atoms with Crippen molar-refractivity contribution in [2.75, 3.05) is 112 Å². The summed E-state index contributed by atoms with van der Waals surface area (Å²) in [7, 11) is 7.54. The molecule has 3 aromatic rings. The van der Waals surface area contributed by atoms with Gasteiger partial charge < -0.3 is 38.7 Å². The molecular weight excluding hydrogens is 625 g/mol. The van der Waals surface area contributed by atoms with Crippen LogP contribution in [0.1, 0.15) is 18.4 Å². The van der Waals surface area contributed by atoms with E-state index in [1.807, 2.05) is 18.2 Å². The van der Waals surface area contributed by atoms with Crippen molar-refractivity contribution < 1.29 is 14.2 Å². The van der Waals surface area contributed by atoms with Crippen molar-refractivity contribution in [1.82, 2.24) is 24.6 Å². The number of fused-ring (bicyclic) bond motifs is 1. The van der Waals surface area contributed by atoms with Gasteiger partial charge in [0.1, 0.15) is 11.8 Å². The van der Waals surface area contributed by atoms with Gasteiger partial charge in [-0.05, 0) is 45.6 Å². The zero-order valence-corrected chi connectivity index (χ0v) is 28.9. The number of piperazine rings is 2. The van der Waals surface area contributed by atoms with Crippen molar-refractivity contribution in [3.05, 3.63) is 46.1 Å². The average Bonchev–Trinajstić information content (AvgIpc) is 3.06. The fourth-order valence-electron chi connectivity index (χ4n) is 6.13. The number of likely N-dealkylation sites (N-methyl/N-ethyl adjacent to an activating group) is 2. The molecular formula is C34H45Cl2N7O3. The number of nitrogens with zero attached hydrogens (tertiary/aromatic N) is 7. The summed E-state index contributed by atoms with van der Waals surface area (Å²) in [4.78, 5) is 16.4. The molecule has 12 heteroatoms. The Morgan fingerprint density at radius 1 is 0.804 bits per heavy atom. The van der Waals surface area contributed by atoms with Crippen LogP contribution in [0.15, 0.2) is 30.5 Å². The van der Waals surface area contributed by atoms with E-state index >= 15 is 0 Å². The van der Waals surface area contributed by atoms with Crippen molar-refractivity contribution in [1.29, 1.82) is 5.26 Å². The molecule has 0 spiro atoms. The Labute approximate surface area is 282 Å². The molecule has 5 rings (SSSR count). The number of methoxy groups -OCH3 is 2. The number of nitriles is 1. The van der Waals surface area contributed by atoms with Crippen LogP contribution in [0.5, 0.6) is 17.2 Å². The molecule has 0 aliphatic carbocycles. The minimum absolute atomic E-state index is 0.421. The molecule has 1 aromatic heterocycles. The van der Waals surface area contributed by atoms with Crippen LogP contribution < -0.4 is 19.1 Å². The van der Waals surface area contributed by atoms with Crippen LogP contribution in [0.4, 0.5) is 11.4 Å². The second kappa shape index (κ2) is 16.2. The van der Waals surface area contributed by atoms with Gasteiger partial charge in [0.25, 0.3) is 0 Å². The van der Waals surface area contributed by atoms with E-state index in [9.17, 15) is 5.26 Å². The van der Waals surface area contributed by atoms with Crippen LogP contribution in [0.3, 0.4) is 0 Å². The van der Waals surface area contributed by atoms with Crippen molar-refractivity contribution in [3.63, 3.8) is 0 Å². The van der Waals surface area contributed by atoms with Gasteiger partial charge in [-0.2, -0.15) is 5.26 Å². The van der Waals surface area contributed by atoms with Crippen LogP contribution in [0.2, 0.25) is 10.0 Å². The second-order valence-electron chi connectivity index (χ2n) is 12.1. The van der Waals surface area contributed by atoms with Gasteiger partial charge in [0, 0.05) is 89.2 Å². The van der Waals surface area contributed by atoms with Crippen LogP contribution in [-0.4, -0.2) is 131 Å². The van der Waals surface area contributed by atoms with E-state index in [1.165, 1.54) is 0 Å². The van der Waals surface area contributed by atoms with E-state index in [2.05, 4.69) is 49.6 Å². The van der Waals surface area contributed by atoms with Gasteiger partial charge in [-0.15, -0.1) is 0 Å². The maximum atomic E-state index is 10.3. The molecule has 0 amide bonds. The number of hydrogen-bond donors (Lipinski definition) is 0. The minimum atomic E-state index is 0.421. The SMILES string of the molecule is COc1cc(N(CCCN2CCN(C)CC2)c2c(C#N)cnc3cc(OCCCN4CCN(C)CC4)c(OC)cc23)c(Cl)cc1Cl. The highest BCUT2D eigenvalue weighted by molar-refractivity contribution is 6.37. The first kappa shape index (κ1) is 34.3. The number of halogens is 2. The second-order valence-corrected chi connectivity index (χ2v) is 12.9. The lowest BCUT2D eigenvalue weighted by Gasteiger charge is -2.33. The summed E-state index contributed by atoms with van der Waals surface area (Å²) in [5, 5.41) is 12.0. The maximum absolute atomic E-state index is 10.3. The molecule has 0 atom stereocenters. The third-order valence-corrected chi connectivity index (χ3v) is 9.55. The van der Waals surface area contributed by atoms with Gasteiger partial charge in [-0.3, -0.25) is 4.98 Å². The number of hydrogen-bond acceptors (Lipinski definition) is 10. The van der Waals surface area contributed by atoms with E-state index in [-0.39, 0.29) is 0 Å². The highest BCUT2D eigenvalue weighted by atomic mass is 35.5. The number of ether oxygens (including phenoxy) is 3. The molecule has 2 saturated heterocycles. The normalized spacial score (nSPS) is 16.8. The minimum Gasteiger partial charge on any atom is -0.495 e. The molecule has 2 fully saturated rings. The Hall–Kier alpha value is -3.04. The molecule has 2 aromatic carbocycles. The number of benzene rings is 2. The van der Waals surface area contributed by atoms with E-state index in [0.29, 0.717) is 62.9 Å². The Balaban J connectivity index is 1.45. The third-order valence-electron chi connectivity index (χ3n) is 8.95. The molecule has 0 saturated carbocycles. The molecule has 2 aliphatic rings. The number of rotatable bonds is 13. The van der Waals surface area contributed by atoms with Gasteiger partial charge in [0.05, 0.1) is 53.3 Å². The summed E-state index contributed by atoms with van der Waals surface area (Å²) < 4.78 is 17.7. The summed E-state index contributed by atoms with van der Waals surface area (Å²) in [6, 6.07) is 9.72.